The number of ether oxygens (including phenoxy) is 2. The van der Waals surface area contributed by atoms with Crippen LogP contribution in [0.1, 0.15) is 27.2 Å². The van der Waals surface area contributed by atoms with Gasteiger partial charge in [-0.25, -0.2) is 0 Å². The number of aliphatic hydroxyl groups is 5. The number of hydrogen-bond acceptors (Lipinski definition) is 7. The smallest absolute Gasteiger partial charge is 0.187 e. The van der Waals surface area contributed by atoms with E-state index in [1.807, 2.05) is 6.08 Å². The molecule has 2 rings (SSSR count). The molecule has 0 radical (unpaired) electrons. The Hall–Kier alpha value is -0.540. The van der Waals surface area contributed by atoms with Crippen molar-refractivity contribution in [2.24, 2.45) is 11.8 Å². The van der Waals surface area contributed by atoms with Gasteiger partial charge in [0, 0.05) is 0 Å². The monoisotopic (exact) mass is 332 g/mol. The van der Waals surface area contributed by atoms with Gasteiger partial charge in [0.15, 0.2) is 6.29 Å². The van der Waals surface area contributed by atoms with Crippen molar-refractivity contribution in [3.8, 4) is 0 Å². The second-order valence-corrected chi connectivity index (χ2v) is 7.05. The van der Waals surface area contributed by atoms with Crippen LogP contribution in [-0.2, 0) is 9.47 Å². The lowest BCUT2D eigenvalue weighted by molar-refractivity contribution is -0.322. The van der Waals surface area contributed by atoms with Crippen molar-refractivity contribution in [3.05, 3.63) is 12.2 Å². The molecular formula is C16H28O7. The number of hydrogen-bond donors (Lipinski definition) is 5. The zero-order valence-electron chi connectivity index (χ0n) is 13.7. The van der Waals surface area contributed by atoms with Crippen molar-refractivity contribution in [2.75, 3.05) is 6.61 Å². The van der Waals surface area contributed by atoms with Gasteiger partial charge in [0.05, 0.1) is 12.7 Å². The lowest BCUT2D eigenvalue weighted by Crippen LogP contribution is -2.61. The molecule has 5 N–H and O–H groups in total. The first-order chi connectivity index (χ1) is 10.7. The molecular weight excluding hydrogens is 304 g/mol. The van der Waals surface area contributed by atoms with Crippen molar-refractivity contribution >= 4 is 0 Å². The number of aliphatic hydroxyl groups excluding tert-OH is 4. The largest absolute Gasteiger partial charge is 0.394 e. The second kappa shape index (κ2) is 7.14. The summed E-state index contributed by atoms with van der Waals surface area (Å²) in [6, 6.07) is 0. The van der Waals surface area contributed by atoms with Gasteiger partial charge in [0.25, 0.3) is 0 Å². The van der Waals surface area contributed by atoms with E-state index in [9.17, 15) is 25.5 Å². The van der Waals surface area contributed by atoms with Crippen molar-refractivity contribution < 1.29 is 35.0 Å². The van der Waals surface area contributed by atoms with E-state index in [4.69, 9.17) is 9.47 Å². The zero-order valence-corrected chi connectivity index (χ0v) is 13.7. The first-order valence-corrected chi connectivity index (χ1v) is 8.05. The van der Waals surface area contributed by atoms with Crippen LogP contribution in [0.3, 0.4) is 0 Å². The Morgan fingerprint density at radius 1 is 1.22 bits per heavy atom. The van der Waals surface area contributed by atoms with Crippen LogP contribution in [0, 0.1) is 11.8 Å². The summed E-state index contributed by atoms with van der Waals surface area (Å²) in [4.78, 5) is 0. The van der Waals surface area contributed by atoms with E-state index in [0.717, 1.165) is 0 Å². The first-order valence-electron chi connectivity index (χ1n) is 8.05. The van der Waals surface area contributed by atoms with Gasteiger partial charge in [-0.1, -0.05) is 26.0 Å². The Morgan fingerprint density at radius 3 is 2.43 bits per heavy atom. The summed E-state index contributed by atoms with van der Waals surface area (Å²) in [5.74, 6) is 0.577. The molecule has 23 heavy (non-hydrogen) atoms. The number of allylic oxidation sites excluding steroid dienone is 1. The van der Waals surface area contributed by atoms with Crippen LogP contribution in [0.25, 0.3) is 0 Å². The minimum absolute atomic E-state index is 0.213. The van der Waals surface area contributed by atoms with Gasteiger partial charge in [-0.15, -0.1) is 0 Å². The minimum Gasteiger partial charge on any atom is -0.394 e. The van der Waals surface area contributed by atoms with Gasteiger partial charge in [-0.3, -0.25) is 0 Å². The quantitative estimate of drug-likeness (QED) is 0.426. The van der Waals surface area contributed by atoms with E-state index in [-0.39, 0.29) is 5.92 Å². The molecule has 2 aliphatic rings. The predicted molar refractivity (Wildman–Crippen MR) is 81.3 cm³/mol. The SMILES string of the molecule is CC(C)[C@@H]1C=C[C@@](C)(O)[C@H](O[C@@H]2O[C@H](CO)[C@@H](O)[C@H](O)[C@H]2O)C1. The molecule has 0 aromatic heterocycles. The van der Waals surface area contributed by atoms with E-state index in [1.165, 1.54) is 0 Å². The first kappa shape index (κ1) is 18.8. The van der Waals surface area contributed by atoms with Crippen LogP contribution >= 0.6 is 0 Å². The highest BCUT2D eigenvalue weighted by atomic mass is 16.7. The van der Waals surface area contributed by atoms with Crippen LogP contribution in [0.4, 0.5) is 0 Å². The van der Waals surface area contributed by atoms with E-state index >= 15 is 0 Å². The van der Waals surface area contributed by atoms with Crippen LogP contribution < -0.4 is 0 Å². The third kappa shape index (κ3) is 3.93. The van der Waals surface area contributed by atoms with E-state index < -0.39 is 49.0 Å². The molecule has 1 heterocycles. The fourth-order valence-electron chi connectivity index (χ4n) is 3.02. The van der Waals surface area contributed by atoms with Crippen LogP contribution in [0.5, 0.6) is 0 Å². The molecule has 1 fully saturated rings. The standard InChI is InChI=1S/C16H28O7/c1-8(2)9-4-5-16(3,21)11(6-9)23-15-14(20)13(19)12(18)10(7-17)22-15/h4-5,8-15,17-21H,6-7H2,1-3H3/t9-,10-,11-,12-,13+,14-,15+,16-/m1/s1. The van der Waals surface area contributed by atoms with E-state index in [1.54, 1.807) is 13.0 Å². The molecule has 1 aliphatic heterocycles. The molecule has 1 aliphatic carbocycles. The predicted octanol–water partition coefficient (Wildman–Crippen LogP) is -0.845. The maximum atomic E-state index is 10.5. The summed E-state index contributed by atoms with van der Waals surface area (Å²) < 4.78 is 11.1. The molecule has 0 aromatic carbocycles. The highest BCUT2D eigenvalue weighted by Gasteiger charge is 2.47. The summed E-state index contributed by atoms with van der Waals surface area (Å²) in [5.41, 5.74) is -1.23. The summed E-state index contributed by atoms with van der Waals surface area (Å²) in [6.45, 7) is 5.23. The average Bonchev–Trinajstić information content (AvgIpc) is 2.49. The summed E-state index contributed by atoms with van der Waals surface area (Å²) in [5, 5.41) is 49.4. The van der Waals surface area contributed by atoms with Crippen LogP contribution in [0.2, 0.25) is 0 Å². The van der Waals surface area contributed by atoms with Crippen LogP contribution in [0.15, 0.2) is 12.2 Å². The van der Waals surface area contributed by atoms with Gasteiger partial charge in [0.1, 0.15) is 30.0 Å². The van der Waals surface area contributed by atoms with Gasteiger partial charge < -0.3 is 35.0 Å². The van der Waals surface area contributed by atoms with Crippen molar-refractivity contribution in [1.82, 2.24) is 0 Å². The fraction of sp³-hybridized carbons (Fsp3) is 0.875. The topological polar surface area (TPSA) is 120 Å². The second-order valence-electron chi connectivity index (χ2n) is 7.05. The molecule has 134 valence electrons. The maximum Gasteiger partial charge on any atom is 0.187 e. The molecule has 7 heteroatoms. The Kier molecular flexibility index (Phi) is 5.84. The van der Waals surface area contributed by atoms with Crippen molar-refractivity contribution in [1.29, 1.82) is 0 Å². The van der Waals surface area contributed by atoms with Crippen LogP contribution in [-0.4, -0.2) is 74.6 Å². The molecule has 0 aromatic rings. The summed E-state index contributed by atoms with van der Waals surface area (Å²) in [6.07, 6.45) is -3.11. The molecule has 8 atom stereocenters. The normalized spacial score (nSPS) is 48.0. The van der Waals surface area contributed by atoms with E-state index in [0.29, 0.717) is 12.3 Å². The third-order valence-electron chi connectivity index (χ3n) is 4.82. The molecule has 7 nitrogen and oxygen atoms in total. The van der Waals surface area contributed by atoms with Gasteiger partial charge in [-0.05, 0) is 25.2 Å². The van der Waals surface area contributed by atoms with Gasteiger partial charge in [-0.2, -0.15) is 0 Å². The fourth-order valence-corrected chi connectivity index (χ4v) is 3.02. The number of rotatable bonds is 4. The Morgan fingerprint density at radius 2 is 1.87 bits per heavy atom. The van der Waals surface area contributed by atoms with Gasteiger partial charge >= 0.3 is 0 Å². The highest BCUT2D eigenvalue weighted by Crippen LogP contribution is 2.34. The Balaban J connectivity index is 2.11. The Bertz CT molecular complexity index is 421. The summed E-state index contributed by atoms with van der Waals surface area (Å²) >= 11 is 0. The lowest BCUT2D eigenvalue weighted by Gasteiger charge is -2.44. The van der Waals surface area contributed by atoms with Crippen molar-refractivity contribution in [3.63, 3.8) is 0 Å². The molecule has 0 saturated carbocycles. The highest BCUT2D eigenvalue weighted by molar-refractivity contribution is 5.11. The Labute approximate surface area is 136 Å². The third-order valence-corrected chi connectivity index (χ3v) is 4.82. The van der Waals surface area contributed by atoms with Gasteiger partial charge in [0.2, 0.25) is 0 Å². The zero-order chi connectivity index (χ0) is 17.4. The molecule has 0 spiro atoms. The molecule has 0 unspecified atom stereocenters. The van der Waals surface area contributed by atoms with E-state index in [2.05, 4.69) is 13.8 Å². The molecule has 0 amide bonds. The molecule has 0 bridgehead atoms. The summed E-state index contributed by atoms with van der Waals surface area (Å²) in [7, 11) is 0. The maximum absolute atomic E-state index is 10.5. The van der Waals surface area contributed by atoms with Crippen molar-refractivity contribution in [2.45, 2.75) is 69.6 Å². The molecule has 1 saturated heterocycles. The minimum atomic E-state index is -1.49. The lowest BCUT2D eigenvalue weighted by atomic mass is 9.79. The average molecular weight is 332 g/mol.